The average molecular weight is 178 g/mol. The van der Waals surface area contributed by atoms with Crippen LogP contribution >= 0.6 is 21.6 Å². The molecule has 58 valence electrons. The summed E-state index contributed by atoms with van der Waals surface area (Å²) in [6, 6.07) is 0. The Hall–Kier alpha value is 0.170. The van der Waals surface area contributed by atoms with Crippen molar-refractivity contribution in [1.29, 1.82) is 0 Å². The van der Waals surface area contributed by atoms with Crippen molar-refractivity contribution in [3.63, 3.8) is 0 Å². The number of hydrogen-bond donors (Lipinski definition) is 1. The zero-order valence-corrected chi connectivity index (χ0v) is 7.43. The van der Waals surface area contributed by atoms with Crippen LogP contribution in [0.5, 0.6) is 0 Å². The SMILES string of the molecule is CC1(CC(=O)O)CSSC1. The fourth-order valence-electron chi connectivity index (χ4n) is 0.877. The molecule has 1 aliphatic rings. The second kappa shape index (κ2) is 3.05. The minimum atomic E-state index is -0.675. The standard InChI is InChI=1S/C6H10O2S2/c1-6(2-5(7)8)3-9-10-4-6/h2-4H2,1H3,(H,7,8). The molecule has 0 aromatic rings. The van der Waals surface area contributed by atoms with Crippen LogP contribution in [0.4, 0.5) is 0 Å². The molecule has 0 spiro atoms. The zero-order chi connectivity index (χ0) is 7.61. The van der Waals surface area contributed by atoms with Gasteiger partial charge in [-0.05, 0) is 5.41 Å². The smallest absolute Gasteiger partial charge is 0.303 e. The predicted octanol–water partition coefficient (Wildman–Crippen LogP) is 1.86. The summed E-state index contributed by atoms with van der Waals surface area (Å²) in [5.74, 6) is 1.28. The highest BCUT2D eigenvalue weighted by atomic mass is 33.1. The predicted molar refractivity (Wildman–Crippen MR) is 45.3 cm³/mol. The molecule has 0 unspecified atom stereocenters. The molecule has 1 saturated heterocycles. The van der Waals surface area contributed by atoms with E-state index >= 15 is 0 Å². The van der Waals surface area contributed by atoms with Gasteiger partial charge in [-0.25, -0.2) is 0 Å². The Bertz CT molecular complexity index is 141. The van der Waals surface area contributed by atoms with Gasteiger partial charge in [-0.15, -0.1) is 0 Å². The maximum absolute atomic E-state index is 10.3. The lowest BCUT2D eigenvalue weighted by Gasteiger charge is -2.17. The average Bonchev–Trinajstić information content (AvgIpc) is 2.12. The molecule has 1 heterocycles. The number of aliphatic carboxylic acids is 1. The first kappa shape index (κ1) is 8.27. The third-order valence-corrected chi connectivity index (χ3v) is 4.48. The topological polar surface area (TPSA) is 37.3 Å². The quantitative estimate of drug-likeness (QED) is 0.655. The first-order chi connectivity index (χ1) is 4.62. The lowest BCUT2D eigenvalue weighted by Crippen LogP contribution is -2.22. The normalized spacial score (nSPS) is 22.9. The Morgan fingerprint density at radius 2 is 2.10 bits per heavy atom. The molecule has 10 heavy (non-hydrogen) atoms. The van der Waals surface area contributed by atoms with E-state index in [4.69, 9.17) is 5.11 Å². The molecule has 4 heteroatoms. The maximum Gasteiger partial charge on any atom is 0.303 e. The summed E-state index contributed by atoms with van der Waals surface area (Å²) in [5, 5.41) is 8.52. The van der Waals surface area contributed by atoms with Gasteiger partial charge in [0.1, 0.15) is 0 Å². The summed E-state index contributed by atoms with van der Waals surface area (Å²) in [4.78, 5) is 10.3. The van der Waals surface area contributed by atoms with Crippen LogP contribution in [0.25, 0.3) is 0 Å². The molecule has 0 aromatic carbocycles. The van der Waals surface area contributed by atoms with Gasteiger partial charge in [0.25, 0.3) is 0 Å². The molecular formula is C6H10O2S2. The van der Waals surface area contributed by atoms with Crippen LogP contribution in [0, 0.1) is 5.41 Å². The minimum absolute atomic E-state index is 0.0428. The van der Waals surface area contributed by atoms with Gasteiger partial charge >= 0.3 is 5.97 Å². The largest absolute Gasteiger partial charge is 0.481 e. The lowest BCUT2D eigenvalue weighted by molar-refractivity contribution is -0.138. The fraction of sp³-hybridized carbons (Fsp3) is 0.833. The Morgan fingerprint density at radius 1 is 1.60 bits per heavy atom. The van der Waals surface area contributed by atoms with E-state index < -0.39 is 5.97 Å². The first-order valence-electron chi connectivity index (χ1n) is 3.09. The summed E-state index contributed by atoms with van der Waals surface area (Å²) in [6.07, 6.45) is 0.312. The number of rotatable bonds is 2. The molecule has 0 aliphatic carbocycles. The molecule has 0 aromatic heterocycles. The highest BCUT2D eigenvalue weighted by molar-refractivity contribution is 8.77. The van der Waals surface area contributed by atoms with E-state index in [1.54, 1.807) is 21.6 Å². The van der Waals surface area contributed by atoms with Gasteiger partial charge in [0.15, 0.2) is 0 Å². The molecule has 0 amide bonds. The fourth-order valence-corrected chi connectivity index (χ4v) is 4.36. The number of carbonyl (C=O) groups is 1. The molecule has 0 bridgehead atoms. The molecule has 1 rings (SSSR count). The van der Waals surface area contributed by atoms with E-state index in [-0.39, 0.29) is 5.41 Å². The Balaban J connectivity index is 2.43. The second-order valence-electron chi connectivity index (χ2n) is 2.91. The van der Waals surface area contributed by atoms with Gasteiger partial charge < -0.3 is 5.11 Å². The Morgan fingerprint density at radius 3 is 2.50 bits per heavy atom. The van der Waals surface area contributed by atoms with Gasteiger partial charge in [0, 0.05) is 11.5 Å². The van der Waals surface area contributed by atoms with E-state index in [0.717, 1.165) is 11.5 Å². The number of carboxylic acid groups (broad SMARTS) is 1. The van der Waals surface area contributed by atoms with Crippen molar-refractivity contribution in [3.05, 3.63) is 0 Å². The molecule has 1 fully saturated rings. The van der Waals surface area contributed by atoms with Crippen LogP contribution in [0.1, 0.15) is 13.3 Å². The summed E-state index contributed by atoms with van der Waals surface area (Å²) >= 11 is 0. The van der Waals surface area contributed by atoms with Crippen LogP contribution in [0.15, 0.2) is 0 Å². The highest BCUT2D eigenvalue weighted by Crippen LogP contribution is 2.44. The third kappa shape index (κ3) is 2.09. The van der Waals surface area contributed by atoms with Gasteiger partial charge in [0.2, 0.25) is 0 Å². The van der Waals surface area contributed by atoms with Crippen LogP contribution in [-0.2, 0) is 4.79 Å². The van der Waals surface area contributed by atoms with Crippen molar-refractivity contribution in [1.82, 2.24) is 0 Å². The van der Waals surface area contributed by atoms with Gasteiger partial charge in [0.05, 0.1) is 6.42 Å². The number of carboxylic acids is 1. The van der Waals surface area contributed by atoms with Crippen LogP contribution < -0.4 is 0 Å². The third-order valence-electron chi connectivity index (χ3n) is 1.48. The monoisotopic (exact) mass is 178 g/mol. The highest BCUT2D eigenvalue weighted by Gasteiger charge is 2.32. The van der Waals surface area contributed by atoms with E-state index in [9.17, 15) is 4.79 Å². The Kier molecular flexibility index (Phi) is 2.52. The van der Waals surface area contributed by atoms with Crippen molar-refractivity contribution in [2.45, 2.75) is 13.3 Å². The van der Waals surface area contributed by atoms with Crippen LogP contribution in [-0.4, -0.2) is 22.6 Å². The van der Waals surface area contributed by atoms with Crippen LogP contribution in [0.3, 0.4) is 0 Å². The summed E-state index contributed by atoms with van der Waals surface area (Å²) in [5.41, 5.74) is 0.0428. The van der Waals surface area contributed by atoms with E-state index in [2.05, 4.69) is 0 Å². The summed E-state index contributed by atoms with van der Waals surface area (Å²) < 4.78 is 0. The van der Waals surface area contributed by atoms with E-state index in [0.29, 0.717) is 6.42 Å². The summed E-state index contributed by atoms with van der Waals surface area (Å²) in [6.45, 7) is 2.04. The van der Waals surface area contributed by atoms with Gasteiger partial charge in [-0.1, -0.05) is 28.5 Å². The molecule has 0 radical (unpaired) electrons. The van der Waals surface area contributed by atoms with E-state index in [1.807, 2.05) is 6.92 Å². The minimum Gasteiger partial charge on any atom is -0.481 e. The lowest BCUT2D eigenvalue weighted by atomic mass is 9.92. The number of hydrogen-bond acceptors (Lipinski definition) is 3. The molecular weight excluding hydrogens is 168 g/mol. The van der Waals surface area contributed by atoms with Crippen LogP contribution in [0.2, 0.25) is 0 Å². The second-order valence-corrected chi connectivity index (χ2v) is 5.37. The molecule has 2 nitrogen and oxygen atoms in total. The van der Waals surface area contributed by atoms with Crippen molar-refractivity contribution in [3.8, 4) is 0 Å². The first-order valence-corrected chi connectivity index (χ1v) is 5.57. The van der Waals surface area contributed by atoms with Gasteiger partial charge in [-0.3, -0.25) is 4.79 Å². The van der Waals surface area contributed by atoms with Crippen molar-refractivity contribution < 1.29 is 9.90 Å². The van der Waals surface area contributed by atoms with Gasteiger partial charge in [-0.2, -0.15) is 0 Å². The van der Waals surface area contributed by atoms with Crippen molar-refractivity contribution >= 4 is 27.6 Å². The molecule has 1 N–H and O–H groups in total. The zero-order valence-electron chi connectivity index (χ0n) is 5.79. The molecule has 0 atom stereocenters. The Labute approximate surface area is 68.2 Å². The summed E-state index contributed by atoms with van der Waals surface area (Å²) in [7, 11) is 3.55. The van der Waals surface area contributed by atoms with Crippen molar-refractivity contribution in [2.75, 3.05) is 11.5 Å². The maximum atomic E-state index is 10.3. The molecule has 0 saturated carbocycles. The van der Waals surface area contributed by atoms with E-state index in [1.165, 1.54) is 0 Å². The van der Waals surface area contributed by atoms with Crippen molar-refractivity contribution in [2.24, 2.45) is 5.41 Å². The molecule has 1 aliphatic heterocycles.